The predicted octanol–water partition coefficient (Wildman–Crippen LogP) is 0.578. The van der Waals surface area contributed by atoms with E-state index in [0.717, 1.165) is 0 Å². The Morgan fingerprint density at radius 1 is 1.56 bits per heavy atom. The molecule has 0 saturated heterocycles. The fourth-order valence-electron chi connectivity index (χ4n) is 1.28. The molecular formula is C9H11IN6OS. The predicted molar refractivity (Wildman–Crippen MR) is 78.7 cm³/mol. The van der Waals surface area contributed by atoms with Gasteiger partial charge in [0.25, 0.3) is 0 Å². The molecule has 0 spiro atoms. The van der Waals surface area contributed by atoms with Crippen molar-refractivity contribution in [2.45, 2.75) is 5.16 Å². The van der Waals surface area contributed by atoms with Crippen LogP contribution in [-0.4, -0.2) is 42.6 Å². The minimum atomic E-state index is 0.0272. The minimum Gasteiger partial charge on any atom is -0.382 e. The molecule has 0 bridgehead atoms. The number of carbonyl (C=O) groups excluding carboxylic acids is 1. The van der Waals surface area contributed by atoms with Gasteiger partial charge in [-0.1, -0.05) is 34.4 Å². The Bertz CT molecular complexity index is 559. The molecule has 0 fully saturated rings. The zero-order valence-electron chi connectivity index (χ0n) is 9.31. The number of halogens is 1. The maximum atomic E-state index is 11.0. The van der Waals surface area contributed by atoms with Crippen LogP contribution in [-0.2, 0) is 4.79 Å². The molecule has 0 aliphatic heterocycles. The number of aromatic amines is 1. The molecule has 2 rings (SSSR count). The molecule has 9 heteroatoms. The number of nitrogen functional groups attached to an aromatic ring is 1. The number of amides is 1. The number of thioether (sulfide) groups is 1. The van der Waals surface area contributed by atoms with Crippen molar-refractivity contribution in [1.29, 1.82) is 0 Å². The largest absolute Gasteiger partial charge is 0.382 e. The maximum Gasteiger partial charge on any atom is 0.229 e. The molecule has 2 aromatic rings. The SMILES string of the molecule is Nc1nc(SCCNC(=O)CI)nc2nc[nH]c12. The summed E-state index contributed by atoms with van der Waals surface area (Å²) in [5.74, 6) is 1.10. The van der Waals surface area contributed by atoms with E-state index in [4.69, 9.17) is 5.73 Å². The lowest BCUT2D eigenvalue weighted by Crippen LogP contribution is -2.26. The number of nitrogens with two attached hydrogens (primary N) is 1. The fraction of sp³-hybridized carbons (Fsp3) is 0.333. The molecule has 0 aliphatic rings. The zero-order chi connectivity index (χ0) is 13.0. The highest BCUT2D eigenvalue weighted by Crippen LogP contribution is 2.19. The summed E-state index contributed by atoms with van der Waals surface area (Å²) in [6, 6.07) is 0. The quantitative estimate of drug-likeness (QED) is 0.231. The number of H-pyrrole nitrogens is 1. The number of nitrogens with one attached hydrogen (secondary N) is 2. The van der Waals surface area contributed by atoms with Gasteiger partial charge in [-0.3, -0.25) is 4.79 Å². The van der Waals surface area contributed by atoms with Gasteiger partial charge < -0.3 is 16.0 Å². The highest BCUT2D eigenvalue weighted by Gasteiger charge is 2.07. The third-order valence-electron chi connectivity index (χ3n) is 2.07. The van der Waals surface area contributed by atoms with Crippen molar-refractivity contribution < 1.29 is 4.79 Å². The Morgan fingerprint density at radius 3 is 3.17 bits per heavy atom. The van der Waals surface area contributed by atoms with Crippen LogP contribution < -0.4 is 11.1 Å². The molecule has 7 nitrogen and oxygen atoms in total. The number of carbonyl (C=O) groups is 1. The number of fused-ring (bicyclic) bond motifs is 1. The molecule has 0 atom stereocenters. The molecule has 1 amide bonds. The first-order valence-electron chi connectivity index (χ1n) is 5.12. The van der Waals surface area contributed by atoms with Crippen LogP contribution in [0.2, 0.25) is 0 Å². The molecular weight excluding hydrogens is 367 g/mol. The number of aromatic nitrogens is 4. The smallest absolute Gasteiger partial charge is 0.229 e. The highest BCUT2D eigenvalue weighted by atomic mass is 127. The molecule has 0 unspecified atom stereocenters. The van der Waals surface area contributed by atoms with Crippen LogP contribution in [0.3, 0.4) is 0 Å². The third kappa shape index (κ3) is 3.22. The van der Waals surface area contributed by atoms with Gasteiger partial charge in [0.05, 0.1) is 10.8 Å². The van der Waals surface area contributed by atoms with Gasteiger partial charge in [-0.2, -0.15) is 0 Å². The van der Waals surface area contributed by atoms with E-state index in [1.807, 2.05) is 22.6 Å². The first-order chi connectivity index (χ1) is 8.70. The van der Waals surface area contributed by atoms with Gasteiger partial charge in [0.1, 0.15) is 5.52 Å². The second-order valence-corrected chi connectivity index (χ2v) is 5.15. The summed E-state index contributed by atoms with van der Waals surface area (Å²) in [5, 5.41) is 3.34. The van der Waals surface area contributed by atoms with E-state index in [0.29, 0.717) is 38.9 Å². The van der Waals surface area contributed by atoms with E-state index in [9.17, 15) is 4.79 Å². The van der Waals surface area contributed by atoms with Gasteiger partial charge in [0.15, 0.2) is 16.6 Å². The van der Waals surface area contributed by atoms with Gasteiger partial charge in [0.2, 0.25) is 5.91 Å². The van der Waals surface area contributed by atoms with Gasteiger partial charge in [-0.15, -0.1) is 0 Å². The molecule has 0 aliphatic carbocycles. The second-order valence-electron chi connectivity index (χ2n) is 3.32. The second kappa shape index (κ2) is 6.18. The number of anilines is 1. The molecule has 2 aromatic heterocycles. The number of hydrogen-bond acceptors (Lipinski definition) is 6. The molecule has 18 heavy (non-hydrogen) atoms. The van der Waals surface area contributed by atoms with E-state index in [2.05, 4.69) is 25.3 Å². The molecule has 2 heterocycles. The highest BCUT2D eigenvalue weighted by molar-refractivity contribution is 14.1. The molecule has 0 aromatic carbocycles. The minimum absolute atomic E-state index is 0.0272. The van der Waals surface area contributed by atoms with Crippen LogP contribution in [0.4, 0.5) is 5.82 Å². The third-order valence-corrected chi connectivity index (χ3v) is 3.61. The Kier molecular flexibility index (Phi) is 4.58. The Hall–Kier alpha value is -1.10. The number of nitrogens with zero attached hydrogens (tertiary/aromatic N) is 3. The summed E-state index contributed by atoms with van der Waals surface area (Å²) >= 11 is 3.45. The lowest BCUT2D eigenvalue weighted by atomic mass is 10.5. The molecule has 96 valence electrons. The maximum absolute atomic E-state index is 11.0. The van der Waals surface area contributed by atoms with Crippen molar-refractivity contribution in [3.8, 4) is 0 Å². The summed E-state index contributed by atoms with van der Waals surface area (Å²) < 4.78 is 0.463. The van der Waals surface area contributed by atoms with Crippen molar-refractivity contribution in [2.24, 2.45) is 0 Å². The lowest BCUT2D eigenvalue weighted by molar-refractivity contribution is -0.118. The topological polar surface area (TPSA) is 110 Å². The molecule has 0 saturated carbocycles. The van der Waals surface area contributed by atoms with Crippen LogP contribution in [0.25, 0.3) is 11.2 Å². The summed E-state index contributed by atoms with van der Waals surface area (Å²) in [6.45, 7) is 0.578. The summed E-state index contributed by atoms with van der Waals surface area (Å²) in [6.07, 6.45) is 1.53. The summed E-state index contributed by atoms with van der Waals surface area (Å²) in [5.41, 5.74) is 6.98. The van der Waals surface area contributed by atoms with Gasteiger partial charge in [-0.05, 0) is 0 Å². The van der Waals surface area contributed by atoms with Crippen molar-refractivity contribution >= 4 is 57.2 Å². The van der Waals surface area contributed by atoms with Crippen molar-refractivity contribution in [1.82, 2.24) is 25.3 Å². The van der Waals surface area contributed by atoms with Crippen LogP contribution in [0.1, 0.15) is 0 Å². The number of rotatable bonds is 5. The van der Waals surface area contributed by atoms with Crippen molar-refractivity contribution in [3.63, 3.8) is 0 Å². The average Bonchev–Trinajstić information content (AvgIpc) is 2.83. The average molecular weight is 378 g/mol. The van der Waals surface area contributed by atoms with Crippen LogP contribution in [0.5, 0.6) is 0 Å². The first kappa shape index (κ1) is 13.3. The van der Waals surface area contributed by atoms with Gasteiger partial charge >= 0.3 is 0 Å². The number of imidazole rings is 1. The number of hydrogen-bond donors (Lipinski definition) is 3. The van der Waals surface area contributed by atoms with Crippen LogP contribution in [0, 0.1) is 0 Å². The Balaban J connectivity index is 1.93. The molecule has 0 radical (unpaired) electrons. The standard InChI is InChI=1S/C9H11IN6OS/c10-3-5(17)12-1-2-18-9-15-7(11)6-8(16-9)14-4-13-6/h4H,1-3H2,(H,12,17)(H3,11,13,14,15,16). The monoisotopic (exact) mass is 378 g/mol. The number of alkyl halides is 1. The van der Waals surface area contributed by atoms with Crippen molar-refractivity contribution in [2.75, 3.05) is 22.5 Å². The van der Waals surface area contributed by atoms with E-state index in [1.165, 1.54) is 18.1 Å². The lowest BCUT2D eigenvalue weighted by Gasteiger charge is -2.03. The fourth-order valence-corrected chi connectivity index (χ4v) is 2.25. The van der Waals surface area contributed by atoms with Gasteiger partial charge in [-0.25, -0.2) is 15.0 Å². The van der Waals surface area contributed by atoms with E-state index >= 15 is 0 Å². The van der Waals surface area contributed by atoms with Crippen molar-refractivity contribution in [3.05, 3.63) is 6.33 Å². The van der Waals surface area contributed by atoms with E-state index in [1.54, 1.807) is 0 Å². The van der Waals surface area contributed by atoms with E-state index in [-0.39, 0.29) is 5.91 Å². The van der Waals surface area contributed by atoms with Gasteiger partial charge in [0, 0.05) is 12.3 Å². The zero-order valence-corrected chi connectivity index (χ0v) is 12.3. The van der Waals surface area contributed by atoms with E-state index < -0.39 is 0 Å². The summed E-state index contributed by atoms with van der Waals surface area (Å²) in [4.78, 5) is 26.3. The van der Waals surface area contributed by atoms with Crippen LogP contribution in [0.15, 0.2) is 11.5 Å². The normalized spacial score (nSPS) is 10.7. The Labute approximate surface area is 121 Å². The molecule has 4 N–H and O–H groups in total. The Morgan fingerprint density at radius 2 is 2.39 bits per heavy atom. The first-order valence-corrected chi connectivity index (χ1v) is 7.64. The van der Waals surface area contributed by atoms with Crippen LogP contribution >= 0.6 is 34.4 Å². The summed E-state index contributed by atoms with van der Waals surface area (Å²) in [7, 11) is 0.